The largest absolute Gasteiger partial charge is 0.507 e. The molecule has 186 valence electrons. The summed E-state index contributed by atoms with van der Waals surface area (Å²) in [7, 11) is 3.02. The van der Waals surface area contributed by atoms with Crippen molar-refractivity contribution in [3.8, 4) is 5.75 Å². The van der Waals surface area contributed by atoms with Crippen molar-refractivity contribution >= 4 is 34.8 Å². The van der Waals surface area contributed by atoms with Gasteiger partial charge in [-0.15, -0.1) is 0 Å². The van der Waals surface area contributed by atoms with E-state index in [0.717, 1.165) is 0 Å². The molecule has 11 nitrogen and oxygen atoms in total. The van der Waals surface area contributed by atoms with Crippen molar-refractivity contribution in [2.24, 2.45) is 35.1 Å². The summed E-state index contributed by atoms with van der Waals surface area (Å²) >= 11 is 0. The third-order valence-corrected chi connectivity index (χ3v) is 7.74. The molecule has 1 aromatic carbocycles. The van der Waals surface area contributed by atoms with Crippen LogP contribution in [0.1, 0.15) is 45.2 Å². The fourth-order valence-electron chi connectivity index (χ4n) is 6.20. The molecule has 35 heavy (non-hydrogen) atoms. The first-order valence-corrected chi connectivity index (χ1v) is 11.2. The summed E-state index contributed by atoms with van der Waals surface area (Å²) < 4.78 is 0. The summed E-state index contributed by atoms with van der Waals surface area (Å²) in [5.74, 6) is -11.7. The second-order valence-electron chi connectivity index (χ2n) is 9.84. The molecular formula is C24H27N3O8. The Kier molecular flexibility index (Phi) is 5.78. The number of carbonyl (C=O) groups excluding carboxylic acids is 6. The number of hydrogen-bond donors (Lipinski definition) is 4. The van der Waals surface area contributed by atoms with Crippen LogP contribution in [0.15, 0.2) is 6.07 Å². The number of hydrogen-bond acceptors (Lipinski definition) is 10. The van der Waals surface area contributed by atoms with Crippen LogP contribution in [-0.4, -0.2) is 75.7 Å². The van der Waals surface area contributed by atoms with Crippen molar-refractivity contribution in [1.29, 1.82) is 0 Å². The van der Waals surface area contributed by atoms with Gasteiger partial charge in [0.05, 0.1) is 17.5 Å². The maximum absolute atomic E-state index is 13.7. The lowest BCUT2D eigenvalue weighted by Crippen LogP contribution is -2.74. The van der Waals surface area contributed by atoms with Crippen LogP contribution >= 0.6 is 0 Å². The number of rotatable bonds is 4. The highest BCUT2D eigenvalue weighted by Crippen LogP contribution is 2.51. The molecule has 6 N–H and O–H groups in total. The van der Waals surface area contributed by atoms with Gasteiger partial charge in [-0.25, -0.2) is 0 Å². The average Bonchev–Trinajstić information content (AvgIpc) is 2.75. The number of nitrogens with zero attached hydrogens (tertiary/aromatic N) is 1. The first kappa shape index (κ1) is 24.8. The maximum atomic E-state index is 13.7. The molecule has 2 saturated carbocycles. The number of primary amides is 1. The Bertz CT molecular complexity index is 1220. The third kappa shape index (κ3) is 3.22. The van der Waals surface area contributed by atoms with Crippen molar-refractivity contribution in [1.82, 2.24) is 4.90 Å². The molecule has 0 radical (unpaired) electrons. The molecule has 3 aliphatic carbocycles. The lowest BCUT2D eigenvalue weighted by molar-refractivity contribution is -0.181. The molecule has 4 rings (SSSR count). The van der Waals surface area contributed by atoms with Gasteiger partial charge in [0.1, 0.15) is 5.75 Å². The number of phenols is 1. The zero-order valence-corrected chi connectivity index (χ0v) is 19.5. The summed E-state index contributed by atoms with van der Waals surface area (Å²) in [6.07, 6.45) is -0.0557. The molecule has 2 fully saturated rings. The molecule has 0 spiro atoms. The van der Waals surface area contributed by atoms with Gasteiger partial charge in [0.15, 0.2) is 40.4 Å². The molecule has 1 amide bonds. The molecule has 6 atom stereocenters. The summed E-state index contributed by atoms with van der Waals surface area (Å²) in [4.78, 5) is 79.4. The van der Waals surface area contributed by atoms with E-state index < -0.39 is 70.1 Å². The minimum absolute atomic E-state index is 0.0269. The highest BCUT2D eigenvalue weighted by atomic mass is 16.3. The Hall–Kier alpha value is -3.28. The van der Waals surface area contributed by atoms with Crippen LogP contribution in [0.25, 0.3) is 0 Å². The van der Waals surface area contributed by atoms with Crippen LogP contribution in [0.5, 0.6) is 5.75 Å². The Balaban J connectivity index is 1.92. The molecule has 11 heteroatoms. The highest BCUT2D eigenvalue weighted by molar-refractivity contribution is 6.32. The van der Waals surface area contributed by atoms with E-state index in [2.05, 4.69) is 0 Å². The number of phenolic OH excluding ortho intramolecular Hbond substituents is 1. The standard InChI is InChI=1S/C24H27N3O8/c1-8(28)11-5-10(7-25)18(29)15-12(11)4-9-6-13-17(27(2)3)20(31)16(23(26)34)22(33)24(13,35)21(32)14(9)19(15)30/h5,9,13-14,16-17,29,35H,4,6-7,25H2,1-3H3,(H2,26,34). The lowest BCUT2D eigenvalue weighted by Gasteiger charge is -2.52. The Labute approximate surface area is 200 Å². The third-order valence-electron chi connectivity index (χ3n) is 7.74. The molecule has 0 saturated heterocycles. The van der Waals surface area contributed by atoms with Gasteiger partial charge in [0.2, 0.25) is 5.91 Å². The SMILES string of the molecule is CC(=O)c1cc(CN)c(O)c2c1CC1CC3C(N(C)C)C(=O)C(C(N)=O)C(=O)C3(O)C(=O)C1C2=O. The van der Waals surface area contributed by atoms with Gasteiger partial charge in [0, 0.05) is 23.6 Å². The van der Waals surface area contributed by atoms with E-state index >= 15 is 0 Å². The minimum atomic E-state index is -2.79. The summed E-state index contributed by atoms with van der Waals surface area (Å²) in [6, 6.07) is 0.232. The van der Waals surface area contributed by atoms with Crippen molar-refractivity contribution < 1.29 is 39.0 Å². The predicted octanol–water partition coefficient (Wildman–Crippen LogP) is -1.47. The van der Waals surface area contributed by atoms with E-state index in [1.807, 2.05) is 0 Å². The van der Waals surface area contributed by atoms with E-state index in [1.165, 1.54) is 32.0 Å². The van der Waals surface area contributed by atoms with Gasteiger partial charge in [-0.2, -0.15) is 0 Å². The number of fused-ring (bicyclic) bond motifs is 3. The summed E-state index contributed by atoms with van der Waals surface area (Å²) in [5.41, 5.74) is 8.53. The molecule has 0 bridgehead atoms. The van der Waals surface area contributed by atoms with Crippen molar-refractivity contribution in [2.45, 2.75) is 38.0 Å². The Morgan fingerprint density at radius 3 is 2.31 bits per heavy atom. The lowest BCUT2D eigenvalue weighted by atomic mass is 9.52. The number of benzene rings is 1. The maximum Gasteiger partial charge on any atom is 0.235 e. The van der Waals surface area contributed by atoms with Crippen LogP contribution < -0.4 is 11.5 Å². The van der Waals surface area contributed by atoms with Gasteiger partial charge >= 0.3 is 0 Å². The number of ketones is 5. The Morgan fingerprint density at radius 2 is 1.80 bits per heavy atom. The van der Waals surface area contributed by atoms with Crippen LogP contribution in [-0.2, 0) is 32.1 Å². The zero-order valence-electron chi connectivity index (χ0n) is 19.5. The molecule has 0 aliphatic heterocycles. The van der Waals surface area contributed by atoms with E-state index in [4.69, 9.17) is 11.5 Å². The first-order valence-electron chi connectivity index (χ1n) is 11.2. The topological polar surface area (TPSA) is 198 Å². The molecule has 1 aromatic rings. The molecule has 6 unspecified atom stereocenters. The minimum Gasteiger partial charge on any atom is -0.507 e. The van der Waals surface area contributed by atoms with Crippen molar-refractivity contribution in [2.75, 3.05) is 14.1 Å². The van der Waals surface area contributed by atoms with E-state index in [1.54, 1.807) is 0 Å². The number of aromatic hydroxyl groups is 1. The van der Waals surface area contributed by atoms with Crippen molar-refractivity contribution in [3.63, 3.8) is 0 Å². The first-order chi connectivity index (χ1) is 16.3. The van der Waals surface area contributed by atoms with E-state index in [-0.39, 0.29) is 47.4 Å². The van der Waals surface area contributed by atoms with E-state index in [0.29, 0.717) is 0 Å². The summed E-state index contributed by atoms with van der Waals surface area (Å²) in [6.45, 7) is 1.13. The van der Waals surface area contributed by atoms with Gasteiger partial charge in [-0.05, 0) is 51.4 Å². The normalized spacial score (nSPS) is 32.2. The zero-order chi connectivity index (χ0) is 26.1. The number of carbonyl (C=O) groups is 6. The van der Waals surface area contributed by atoms with Crippen LogP contribution in [0.4, 0.5) is 0 Å². The van der Waals surface area contributed by atoms with E-state index in [9.17, 15) is 39.0 Å². The smallest absolute Gasteiger partial charge is 0.235 e. The van der Waals surface area contributed by atoms with Crippen molar-refractivity contribution in [3.05, 3.63) is 28.3 Å². The molecular weight excluding hydrogens is 458 g/mol. The molecule has 0 aromatic heterocycles. The highest BCUT2D eigenvalue weighted by Gasteiger charge is 2.69. The fourth-order valence-corrected chi connectivity index (χ4v) is 6.20. The fraction of sp³-hybridized carbons (Fsp3) is 0.500. The second kappa shape index (κ2) is 8.14. The number of likely N-dealkylation sites (N-methyl/N-ethyl adjacent to an activating group) is 1. The summed E-state index contributed by atoms with van der Waals surface area (Å²) in [5, 5.41) is 22.3. The predicted molar refractivity (Wildman–Crippen MR) is 119 cm³/mol. The number of aliphatic hydroxyl groups is 1. The van der Waals surface area contributed by atoms with Gasteiger partial charge in [0.25, 0.3) is 0 Å². The molecule has 3 aliphatic rings. The van der Waals surface area contributed by atoms with Gasteiger partial charge in [-0.3, -0.25) is 33.7 Å². The second-order valence-corrected chi connectivity index (χ2v) is 9.84. The van der Waals surface area contributed by atoms with Crippen LogP contribution in [0.2, 0.25) is 0 Å². The quantitative estimate of drug-likeness (QED) is 0.288. The van der Waals surface area contributed by atoms with Crippen LogP contribution in [0, 0.1) is 23.7 Å². The number of Topliss-reactive ketones (excluding diaryl/α,β-unsaturated/α-hetero) is 5. The monoisotopic (exact) mass is 485 g/mol. The molecule has 0 heterocycles. The number of amides is 1. The Morgan fingerprint density at radius 1 is 1.17 bits per heavy atom. The number of nitrogens with two attached hydrogens (primary N) is 2. The average molecular weight is 485 g/mol. The van der Waals surface area contributed by atoms with Crippen LogP contribution in [0.3, 0.4) is 0 Å². The van der Waals surface area contributed by atoms with Gasteiger partial charge in [-0.1, -0.05) is 0 Å². The van der Waals surface area contributed by atoms with Gasteiger partial charge < -0.3 is 21.7 Å².